The monoisotopic (exact) mass is 600 g/mol. The normalized spacial score (nSPS) is 27.9. The number of nitrogens with one attached hydrogen (secondary N) is 2. The van der Waals surface area contributed by atoms with Gasteiger partial charge in [-0.25, -0.2) is 21.6 Å². The Labute approximate surface area is 234 Å². The Bertz CT molecular complexity index is 1410. The van der Waals surface area contributed by atoms with Gasteiger partial charge >= 0.3 is 0 Å². The standard InChI is InChI=1S/C27H28ClF3N2O6S/c28-19-6-3-14(25(34)33-17-11-20(29)24(31)21(30)12-17)8-23(19)40(37,38)18-9-15-4-5-16(10-18)27(15,36)13-32-26(35)22-2-1-7-39-22/h3,6,8,11-12,15-16,18,22,36H,1-2,4-5,7,9-10,13H2,(H,32,35)(H,33,34)/t15-,16?,18?,22+,27?/m0/s1. The van der Waals surface area contributed by atoms with Crippen LogP contribution in [0, 0.1) is 29.3 Å². The Kier molecular flexibility index (Phi) is 7.90. The number of anilines is 1. The van der Waals surface area contributed by atoms with Gasteiger partial charge in [0.05, 0.1) is 20.8 Å². The molecule has 2 amide bonds. The second kappa shape index (κ2) is 11.0. The number of hydrogen-bond acceptors (Lipinski definition) is 6. The van der Waals surface area contributed by atoms with Gasteiger partial charge < -0.3 is 20.5 Å². The van der Waals surface area contributed by atoms with Crippen molar-refractivity contribution < 1.29 is 41.0 Å². The van der Waals surface area contributed by atoms with Gasteiger partial charge in [-0.2, -0.15) is 0 Å². The fraction of sp³-hybridized carbons (Fsp3) is 0.481. The number of ether oxygens (including phenoxy) is 1. The number of halogens is 4. The summed E-state index contributed by atoms with van der Waals surface area (Å²) in [5.41, 5.74) is -1.73. The van der Waals surface area contributed by atoms with Gasteiger partial charge in [-0.3, -0.25) is 9.59 Å². The predicted octanol–water partition coefficient (Wildman–Crippen LogP) is 4.00. The molecule has 1 aliphatic heterocycles. The van der Waals surface area contributed by atoms with E-state index in [4.69, 9.17) is 16.3 Å². The topological polar surface area (TPSA) is 122 Å². The number of sulfone groups is 1. The number of carbonyl (C=O) groups excluding carboxylic acids is 2. The van der Waals surface area contributed by atoms with Crippen molar-refractivity contribution in [3.05, 3.63) is 58.4 Å². The van der Waals surface area contributed by atoms with Gasteiger partial charge in [0, 0.05) is 36.5 Å². The minimum Gasteiger partial charge on any atom is -0.387 e. The van der Waals surface area contributed by atoms with Gasteiger partial charge in [-0.1, -0.05) is 11.6 Å². The maximum atomic E-state index is 13.7. The highest BCUT2D eigenvalue weighted by Crippen LogP contribution is 2.52. The number of carbonyl (C=O) groups is 2. The third-order valence-electron chi connectivity index (χ3n) is 8.32. The van der Waals surface area contributed by atoms with E-state index >= 15 is 0 Å². The molecule has 8 nitrogen and oxygen atoms in total. The molecule has 3 fully saturated rings. The Balaban J connectivity index is 1.31. The van der Waals surface area contributed by atoms with Gasteiger partial charge in [-0.15, -0.1) is 0 Å². The lowest BCUT2D eigenvalue weighted by atomic mass is 9.74. The summed E-state index contributed by atoms with van der Waals surface area (Å²) in [6.45, 7) is 0.524. The molecule has 2 aliphatic carbocycles. The molecule has 216 valence electrons. The summed E-state index contributed by atoms with van der Waals surface area (Å²) < 4.78 is 73.2. The van der Waals surface area contributed by atoms with Crippen molar-refractivity contribution in [2.75, 3.05) is 18.5 Å². The molecule has 1 saturated heterocycles. The van der Waals surface area contributed by atoms with Crippen LogP contribution in [0.4, 0.5) is 18.9 Å². The van der Waals surface area contributed by atoms with E-state index in [9.17, 15) is 36.3 Å². The zero-order chi connectivity index (χ0) is 28.8. The summed E-state index contributed by atoms with van der Waals surface area (Å²) in [4.78, 5) is 24.9. The summed E-state index contributed by atoms with van der Waals surface area (Å²) in [6, 6.07) is 4.79. The SMILES string of the molecule is O=C(Nc1cc(F)c(F)c(F)c1)c1ccc(Cl)c(S(=O)(=O)C2CC3CC[C@@H](C2)C3(O)CNC(=O)[C@H]2CCCO2)c1. The Morgan fingerprint density at radius 2 is 1.70 bits per heavy atom. The molecule has 0 radical (unpaired) electrons. The van der Waals surface area contributed by atoms with E-state index in [-0.39, 0.29) is 58.3 Å². The molecule has 2 bridgehead atoms. The van der Waals surface area contributed by atoms with Crippen LogP contribution in [0.2, 0.25) is 5.02 Å². The second-order valence-electron chi connectivity index (χ2n) is 10.7. The van der Waals surface area contributed by atoms with Gasteiger partial charge in [0.15, 0.2) is 27.3 Å². The summed E-state index contributed by atoms with van der Waals surface area (Å²) in [6.07, 6.45) is 2.37. The van der Waals surface area contributed by atoms with Crippen LogP contribution < -0.4 is 10.6 Å². The number of benzene rings is 2. The fourth-order valence-corrected chi connectivity index (χ4v) is 8.55. The first kappa shape index (κ1) is 28.8. The van der Waals surface area contributed by atoms with Crippen molar-refractivity contribution in [3.63, 3.8) is 0 Å². The van der Waals surface area contributed by atoms with Crippen LogP contribution in [0.25, 0.3) is 0 Å². The number of rotatable bonds is 7. The van der Waals surface area contributed by atoms with E-state index in [0.717, 1.165) is 12.5 Å². The van der Waals surface area contributed by atoms with Crippen LogP contribution in [0.1, 0.15) is 48.9 Å². The summed E-state index contributed by atoms with van der Waals surface area (Å²) >= 11 is 6.25. The van der Waals surface area contributed by atoms with Crippen molar-refractivity contribution in [2.45, 2.75) is 60.4 Å². The van der Waals surface area contributed by atoms with Crippen molar-refractivity contribution in [2.24, 2.45) is 11.8 Å². The molecule has 2 aromatic rings. The molecule has 3 N–H and O–H groups in total. The molecule has 13 heteroatoms. The Hall–Kier alpha value is -2.67. The number of aliphatic hydroxyl groups is 1. The van der Waals surface area contributed by atoms with Crippen LogP contribution in [-0.4, -0.2) is 55.4 Å². The Morgan fingerprint density at radius 1 is 1.05 bits per heavy atom. The lowest BCUT2D eigenvalue weighted by Gasteiger charge is -2.42. The highest BCUT2D eigenvalue weighted by atomic mass is 35.5. The van der Waals surface area contributed by atoms with Crippen LogP contribution in [0.3, 0.4) is 0 Å². The van der Waals surface area contributed by atoms with Crippen LogP contribution in [-0.2, 0) is 19.4 Å². The molecule has 0 spiro atoms. The minimum absolute atomic E-state index is 0.00871. The van der Waals surface area contributed by atoms with E-state index in [1.54, 1.807) is 0 Å². The third-order valence-corrected chi connectivity index (χ3v) is 11.0. The molecule has 2 saturated carbocycles. The minimum atomic E-state index is -4.06. The maximum Gasteiger partial charge on any atom is 0.255 e. The highest BCUT2D eigenvalue weighted by Gasteiger charge is 2.55. The lowest BCUT2D eigenvalue weighted by molar-refractivity contribution is -0.133. The van der Waals surface area contributed by atoms with Crippen LogP contribution >= 0.6 is 11.6 Å². The summed E-state index contributed by atoms with van der Waals surface area (Å²) in [5.74, 6) is -6.57. The average molecular weight is 601 g/mol. The number of amides is 2. The third kappa shape index (κ3) is 5.34. The largest absolute Gasteiger partial charge is 0.387 e. The summed E-state index contributed by atoms with van der Waals surface area (Å²) in [5, 5.41) is 15.5. The highest BCUT2D eigenvalue weighted by molar-refractivity contribution is 7.92. The van der Waals surface area contributed by atoms with Crippen LogP contribution in [0.15, 0.2) is 35.2 Å². The van der Waals surface area contributed by atoms with Gasteiger partial charge in [0.2, 0.25) is 5.91 Å². The molecule has 3 aliphatic rings. The van der Waals surface area contributed by atoms with Crippen molar-refractivity contribution in [1.82, 2.24) is 5.32 Å². The number of hydrogen-bond donors (Lipinski definition) is 3. The maximum absolute atomic E-state index is 13.7. The van der Waals surface area contributed by atoms with Gasteiger partial charge in [0.1, 0.15) is 6.10 Å². The first-order valence-corrected chi connectivity index (χ1v) is 14.9. The van der Waals surface area contributed by atoms with Gasteiger partial charge in [0.25, 0.3) is 5.91 Å². The van der Waals surface area contributed by atoms with Crippen LogP contribution in [0.5, 0.6) is 0 Å². The molecule has 5 atom stereocenters. The molecule has 1 heterocycles. The zero-order valence-electron chi connectivity index (χ0n) is 21.3. The molecule has 5 rings (SSSR count). The quantitative estimate of drug-likeness (QED) is 0.413. The molecule has 40 heavy (non-hydrogen) atoms. The Morgan fingerprint density at radius 3 is 2.30 bits per heavy atom. The molecular formula is C27H28ClF3N2O6S. The first-order valence-electron chi connectivity index (χ1n) is 13.0. The van der Waals surface area contributed by atoms with Crippen molar-refractivity contribution in [1.29, 1.82) is 0 Å². The predicted molar refractivity (Wildman–Crippen MR) is 139 cm³/mol. The molecular weight excluding hydrogens is 573 g/mol. The molecule has 2 aromatic carbocycles. The van der Waals surface area contributed by atoms with E-state index in [2.05, 4.69) is 10.6 Å². The second-order valence-corrected chi connectivity index (χ2v) is 13.3. The summed E-state index contributed by atoms with van der Waals surface area (Å²) in [7, 11) is -4.06. The number of fused-ring (bicyclic) bond motifs is 2. The lowest BCUT2D eigenvalue weighted by Crippen LogP contribution is -2.55. The fourth-order valence-electron chi connectivity index (χ4n) is 6.15. The smallest absolute Gasteiger partial charge is 0.255 e. The first-order chi connectivity index (χ1) is 18.9. The van der Waals surface area contributed by atoms with E-state index < -0.39 is 50.2 Å². The average Bonchev–Trinajstić information content (AvgIpc) is 3.48. The molecule has 3 unspecified atom stereocenters. The molecule has 0 aromatic heterocycles. The van der Waals surface area contributed by atoms with Gasteiger partial charge in [-0.05, 0) is 68.6 Å². The van der Waals surface area contributed by atoms with Crippen molar-refractivity contribution in [3.8, 4) is 0 Å². The van der Waals surface area contributed by atoms with E-state index in [1.807, 2.05) is 0 Å². The van der Waals surface area contributed by atoms with E-state index in [1.165, 1.54) is 12.1 Å². The van der Waals surface area contributed by atoms with E-state index in [0.29, 0.717) is 38.0 Å². The van der Waals surface area contributed by atoms with Crippen molar-refractivity contribution >= 4 is 38.9 Å². The zero-order valence-corrected chi connectivity index (χ0v) is 22.8.